The number of allylic oxidation sites excluding steroid dienone is 4. The highest BCUT2D eigenvalue weighted by molar-refractivity contribution is 5.80. The molecule has 0 saturated carbocycles. The standard InChI is InChI=1S/C50H97NO5/c1-3-5-7-9-11-13-15-17-19-20-21-22-23-24-25-26-27-28-30-32-34-36-38-40-42-44-48(54)50(56)51-46(45-52)49(55)47(53)43-41-39-37-35-33-31-29-18-16-14-12-10-8-6-4-2/h24-25,35,37,46-49,52-55H,3-23,26-34,36,38-45H2,1-2H3,(H,51,56)/b25-24-,37-35+. The molecule has 5 N–H and O–H groups in total. The van der Waals surface area contributed by atoms with Crippen LogP contribution in [0.2, 0.25) is 0 Å². The third-order valence-corrected chi connectivity index (χ3v) is 11.6. The third-order valence-electron chi connectivity index (χ3n) is 11.6. The van der Waals surface area contributed by atoms with Crippen LogP contribution in [0, 0.1) is 0 Å². The molecule has 4 unspecified atom stereocenters. The first-order chi connectivity index (χ1) is 27.5. The van der Waals surface area contributed by atoms with Crippen LogP contribution in [0.25, 0.3) is 0 Å². The average Bonchev–Trinajstić information content (AvgIpc) is 3.20. The zero-order valence-electron chi connectivity index (χ0n) is 37.4. The van der Waals surface area contributed by atoms with Crippen molar-refractivity contribution in [3.63, 3.8) is 0 Å². The Kier molecular flexibility index (Phi) is 43.9. The molecule has 0 spiro atoms. The average molecular weight is 792 g/mol. The summed E-state index contributed by atoms with van der Waals surface area (Å²) in [6.45, 7) is 4.05. The summed E-state index contributed by atoms with van der Waals surface area (Å²) in [7, 11) is 0. The van der Waals surface area contributed by atoms with Crippen LogP contribution in [0.15, 0.2) is 24.3 Å². The normalized spacial score (nSPS) is 14.2. The SMILES string of the molecule is CCCCCCCCCCCC/C=C/CCCC(O)C(O)C(CO)NC(=O)C(O)CCCCCCCCCCC/C=C\CCCCCCCCCCCCCC. The van der Waals surface area contributed by atoms with Gasteiger partial charge in [-0.15, -0.1) is 0 Å². The highest BCUT2D eigenvalue weighted by atomic mass is 16.3. The molecule has 0 saturated heterocycles. The van der Waals surface area contributed by atoms with Crippen molar-refractivity contribution in [1.29, 1.82) is 0 Å². The lowest BCUT2D eigenvalue weighted by molar-refractivity contribution is -0.132. The van der Waals surface area contributed by atoms with Gasteiger partial charge in [-0.05, 0) is 64.2 Å². The zero-order chi connectivity index (χ0) is 41.0. The van der Waals surface area contributed by atoms with E-state index in [1.54, 1.807) is 0 Å². The van der Waals surface area contributed by atoms with Gasteiger partial charge in [0.15, 0.2) is 0 Å². The van der Waals surface area contributed by atoms with Gasteiger partial charge >= 0.3 is 0 Å². The van der Waals surface area contributed by atoms with Gasteiger partial charge in [0.05, 0.1) is 18.8 Å². The van der Waals surface area contributed by atoms with Crippen molar-refractivity contribution in [2.45, 2.75) is 282 Å². The fourth-order valence-corrected chi connectivity index (χ4v) is 7.69. The molecule has 0 aliphatic heterocycles. The Bertz CT molecular complexity index is 847. The Balaban J connectivity index is 3.68. The summed E-state index contributed by atoms with van der Waals surface area (Å²) in [5.74, 6) is -0.593. The molecule has 1 amide bonds. The lowest BCUT2D eigenvalue weighted by Gasteiger charge is -2.27. The van der Waals surface area contributed by atoms with Crippen LogP contribution in [0.4, 0.5) is 0 Å². The quantitative estimate of drug-likeness (QED) is 0.0312. The number of amides is 1. The third kappa shape index (κ3) is 38.3. The second-order valence-corrected chi connectivity index (χ2v) is 17.2. The summed E-state index contributed by atoms with van der Waals surface area (Å²) < 4.78 is 0. The molecule has 0 bridgehead atoms. The molecule has 6 nitrogen and oxygen atoms in total. The van der Waals surface area contributed by atoms with E-state index in [0.717, 1.165) is 38.5 Å². The summed E-state index contributed by atoms with van der Waals surface area (Å²) >= 11 is 0. The first-order valence-corrected chi connectivity index (χ1v) is 24.7. The van der Waals surface area contributed by atoms with E-state index >= 15 is 0 Å². The summed E-state index contributed by atoms with van der Waals surface area (Å²) in [6.07, 6.45) is 52.3. The van der Waals surface area contributed by atoms with E-state index in [0.29, 0.717) is 12.8 Å². The van der Waals surface area contributed by atoms with Crippen molar-refractivity contribution >= 4 is 5.91 Å². The van der Waals surface area contributed by atoms with Gasteiger partial charge in [-0.2, -0.15) is 0 Å². The number of rotatable bonds is 45. The number of carbonyl (C=O) groups is 1. The Labute approximate surface area is 348 Å². The van der Waals surface area contributed by atoms with Gasteiger partial charge in [-0.3, -0.25) is 4.79 Å². The minimum atomic E-state index is -1.28. The van der Waals surface area contributed by atoms with Crippen LogP contribution >= 0.6 is 0 Å². The van der Waals surface area contributed by atoms with Crippen LogP contribution in [0.1, 0.15) is 258 Å². The molecule has 0 rings (SSSR count). The lowest BCUT2D eigenvalue weighted by atomic mass is 10.00. The lowest BCUT2D eigenvalue weighted by Crippen LogP contribution is -2.53. The van der Waals surface area contributed by atoms with Gasteiger partial charge in [0.1, 0.15) is 12.2 Å². The molecule has 0 aromatic heterocycles. The number of hydrogen-bond donors (Lipinski definition) is 5. The van der Waals surface area contributed by atoms with Crippen LogP contribution in [0.3, 0.4) is 0 Å². The first kappa shape index (κ1) is 54.8. The van der Waals surface area contributed by atoms with E-state index in [1.165, 1.54) is 193 Å². The maximum atomic E-state index is 12.5. The second-order valence-electron chi connectivity index (χ2n) is 17.2. The van der Waals surface area contributed by atoms with Crippen LogP contribution in [-0.4, -0.2) is 57.3 Å². The van der Waals surface area contributed by atoms with Crippen LogP contribution < -0.4 is 5.32 Å². The van der Waals surface area contributed by atoms with Gasteiger partial charge < -0.3 is 25.7 Å². The molecule has 0 fully saturated rings. The number of aliphatic hydroxyl groups is 4. The molecule has 0 radical (unpaired) electrons. The number of nitrogens with one attached hydrogen (secondary N) is 1. The molecule has 6 heteroatoms. The Morgan fingerprint density at radius 2 is 0.732 bits per heavy atom. The topological polar surface area (TPSA) is 110 Å². The predicted molar refractivity (Wildman–Crippen MR) is 242 cm³/mol. The van der Waals surface area contributed by atoms with E-state index in [4.69, 9.17) is 0 Å². The zero-order valence-corrected chi connectivity index (χ0v) is 37.4. The molecule has 0 aliphatic carbocycles. The smallest absolute Gasteiger partial charge is 0.249 e. The molecule has 0 aromatic carbocycles. The summed E-state index contributed by atoms with van der Waals surface area (Å²) in [5.41, 5.74) is 0. The van der Waals surface area contributed by atoms with E-state index in [1.807, 2.05) is 0 Å². The number of hydrogen-bond acceptors (Lipinski definition) is 5. The number of unbranched alkanes of at least 4 members (excludes halogenated alkanes) is 32. The van der Waals surface area contributed by atoms with Crippen molar-refractivity contribution in [2.24, 2.45) is 0 Å². The predicted octanol–water partition coefficient (Wildman–Crippen LogP) is 13.5. The number of aliphatic hydroxyl groups excluding tert-OH is 4. The molecule has 4 atom stereocenters. The molecule has 56 heavy (non-hydrogen) atoms. The maximum Gasteiger partial charge on any atom is 0.249 e. The molecular formula is C50H97NO5. The van der Waals surface area contributed by atoms with Crippen molar-refractivity contribution in [1.82, 2.24) is 5.32 Å². The van der Waals surface area contributed by atoms with Gasteiger partial charge in [-0.1, -0.05) is 218 Å². The van der Waals surface area contributed by atoms with Crippen LogP contribution in [-0.2, 0) is 4.79 Å². The fraction of sp³-hybridized carbons (Fsp3) is 0.900. The van der Waals surface area contributed by atoms with Crippen molar-refractivity contribution < 1.29 is 25.2 Å². The fourth-order valence-electron chi connectivity index (χ4n) is 7.69. The van der Waals surface area contributed by atoms with E-state index < -0.39 is 36.9 Å². The summed E-state index contributed by atoms with van der Waals surface area (Å²) in [5, 5.41) is 43.7. The Morgan fingerprint density at radius 3 is 1.07 bits per heavy atom. The minimum absolute atomic E-state index is 0.362. The van der Waals surface area contributed by atoms with E-state index in [2.05, 4.69) is 43.5 Å². The maximum absolute atomic E-state index is 12.5. The summed E-state index contributed by atoms with van der Waals surface area (Å²) in [4.78, 5) is 12.5. The number of carbonyl (C=O) groups excluding carboxylic acids is 1. The van der Waals surface area contributed by atoms with Crippen LogP contribution in [0.5, 0.6) is 0 Å². The minimum Gasteiger partial charge on any atom is -0.394 e. The Hall–Kier alpha value is -1.21. The van der Waals surface area contributed by atoms with E-state index in [9.17, 15) is 25.2 Å². The van der Waals surface area contributed by atoms with Gasteiger partial charge in [0.2, 0.25) is 5.91 Å². The molecular weight excluding hydrogens is 695 g/mol. The highest BCUT2D eigenvalue weighted by Crippen LogP contribution is 2.16. The van der Waals surface area contributed by atoms with Gasteiger partial charge in [-0.25, -0.2) is 0 Å². The molecule has 0 aromatic rings. The monoisotopic (exact) mass is 792 g/mol. The van der Waals surface area contributed by atoms with Gasteiger partial charge in [0.25, 0.3) is 0 Å². The van der Waals surface area contributed by atoms with E-state index in [-0.39, 0.29) is 0 Å². The molecule has 0 aliphatic rings. The van der Waals surface area contributed by atoms with Crippen molar-refractivity contribution in [3.05, 3.63) is 24.3 Å². The largest absolute Gasteiger partial charge is 0.394 e. The highest BCUT2D eigenvalue weighted by Gasteiger charge is 2.28. The van der Waals surface area contributed by atoms with Crippen molar-refractivity contribution in [3.8, 4) is 0 Å². The molecule has 332 valence electrons. The van der Waals surface area contributed by atoms with Crippen molar-refractivity contribution in [2.75, 3.05) is 6.61 Å². The van der Waals surface area contributed by atoms with Gasteiger partial charge in [0, 0.05) is 0 Å². The summed E-state index contributed by atoms with van der Waals surface area (Å²) in [6, 6.07) is -1.00. The molecule has 0 heterocycles. The first-order valence-electron chi connectivity index (χ1n) is 24.7. The Morgan fingerprint density at radius 1 is 0.429 bits per heavy atom. The second kappa shape index (κ2) is 44.9.